The van der Waals surface area contributed by atoms with Crippen molar-refractivity contribution in [3.63, 3.8) is 0 Å². The second kappa shape index (κ2) is 7.55. The average molecular weight is 394 g/mol. The number of nitrogens with one attached hydrogen (secondary N) is 1. The van der Waals surface area contributed by atoms with Gasteiger partial charge in [0.2, 0.25) is 11.8 Å². The van der Waals surface area contributed by atoms with Crippen LogP contribution in [0.3, 0.4) is 0 Å². The van der Waals surface area contributed by atoms with Crippen molar-refractivity contribution in [3.8, 4) is 0 Å². The maximum Gasteiger partial charge on any atom is 0.263 e. The molecule has 1 aliphatic heterocycles. The summed E-state index contributed by atoms with van der Waals surface area (Å²) in [6.45, 7) is 1.71. The minimum atomic E-state index is -0.726. The molecular formula is C20H18N4O3S. The SMILES string of the molecule is Cc1nc2cccc(SCc3ccccn3)c2c(=O)n1C1CCC(=O)NC1=O. The Labute approximate surface area is 165 Å². The number of rotatable bonds is 4. The van der Waals surface area contributed by atoms with Gasteiger partial charge in [-0.2, -0.15) is 0 Å². The summed E-state index contributed by atoms with van der Waals surface area (Å²) >= 11 is 1.51. The van der Waals surface area contributed by atoms with Crippen LogP contribution in [-0.4, -0.2) is 26.3 Å². The van der Waals surface area contributed by atoms with Crippen molar-refractivity contribution in [1.82, 2.24) is 19.9 Å². The van der Waals surface area contributed by atoms with Gasteiger partial charge in [0.25, 0.3) is 5.56 Å². The summed E-state index contributed by atoms with van der Waals surface area (Å²) in [5, 5.41) is 2.80. The zero-order chi connectivity index (χ0) is 19.7. The summed E-state index contributed by atoms with van der Waals surface area (Å²) in [5.41, 5.74) is 1.24. The molecule has 1 aliphatic rings. The Kier molecular flexibility index (Phi) is 4.95. The minimum Gasteiger partial charge on any atom is -0.295 e. The molecule has 1 atom stereocenters. The van der Waals surface area contributed by atoms with Crippen molar-refractivity contribution in [3.05, 3.63) is 64.5 Å². The molecule has 0 aliphatic carbocycles. The lowest BCUT2D eigenvalue weighted by Crippen LogP contribution is -2.45. The van der Waals surface area contributed by atoms with E-state index >= 15 is 0 Å². The van der Waals surface area contributed by atoms with Crippen LogP contribution in [0.2, 0.25) is 0 Å². The molecule has 3 aromatic rings. The second-order valence-corrected chi connectivity index (χ2v) is 7.58. The Balaban J connectivity index is 1.77. The van der Waals surface area contributed by atoms with E-state index in [0.717, 1.165) is 10.6 Å². The van der Waals surface area contributed by atoms with Crippen molar-refractivity contribution >= 4 is 34.5 Å². The molecule has 7 nitrogen and oxygen atoms in total. The predicted molar refractivity (Wildman–Crippen MR) is 106 cm³/mol. The van der Waals surface area contributed by atoms with Crippen molar-refractivity contribution in [1.29, 1.82) is 0 Å². The fourth-order valence-corrected chi connectivity index (χ4v) is 4.36. The summed E-state index contributed by atoms with van der Waals surface area (Å²) in [7, 11) is 0. The molecule has 1 N–H and O–H groups in total. The van der Waals surface area contributed by atoms with E-state index in [0.29, 0.717) is 28.9 Å². The molecule has 142 valence electrons. The number of imide groups is 1. The number of thioether (sulfide) groups is 1. The van der Waals surface area contributed by atoms with Gasteiger partial charge in [-0.25, -0.2) is 4.98 Å². The molecule has 1 saturated heterocycles. The van der Waals surface area contributed by atoms with Crippen molar-refractivity contribution in [2.75, 3.05) is 0 Å². The molecule has 8 heteroatoms. The van der Waals surface area contributed by atoms with E-state index in [1.807, 2.05) is 30.3 Å². The third-order valence-corrected chi connectivity index (χ3v) is 5.78. The number of hydrogen-bond donors (Lipinski definition) is 1. The number of piperidine rings is 1. The zero-order valence-corrected chi connectivity index (χ0v) is 16.0. The Morgan fingerprint density at radius 3 is 2.79 bits per heavy atom. The average Bonchev–Trinajstić information content (AvgIpc) is 2.68. The number of fused-ring (bicyclic) bond motifs is 1. The zero-order valence-electron chi connectivity index (χ0n) is 15.2. The molecule has 0 saturated carbocycles. The lowest BCUT2D eigenvalue weighted by molar-refractivity contribution is -0.135. The highest BCUT2D eigenvalue weighted by Gasteiger charge is 2.30. The first-order chi connectivity index (χ1) is 13.5. The molecule has 0 bridgehead atoms. The number of carbonyl (C=O) groups is 2. The van der Waals surface area contributed by atoms with Crippen LogP contribution in [0.4, 0.5) is 0 Å². The van der Waals surface area contributed by atoms with E-state index in [4.69, 9.17) is 0 Å². The van der Waals surface area contributed by atoms with Crippen molar-refractivity contribution < 1.29 is 9.59 Å². The van der Waals surface area contributed by atoms with E-state index in [1.54, 1.807) is 19.2 Å². The van der Waals surface area contributed by atoms with Crippen LogP contribution in [0, 0.1) is 6.92 Å². The molecule has 3 heterocycles. The highest BCUT2D eigenvalue weighted by molar-refractivity contribution is 7.98. The topological polar surface area (TPSA) is 93.9 Å². The van der Waals surface area contributed by atoms with Crippen LogP contribution < -0.4 is 10.9 Å². The maximum atomic E-state index is 13.3. The van der Waals surface area contributed by atoms with Crippen LogP contribution >= 0.6 is 11.8 Å². The van der Waals surface area contributed by atoms with Gasteiger partial charge in [-0.3, -0.25) is 29.3 Å². The highest BCUT2D eigenvalue weighted by Crippen LogP contribution is 2.28. The van der Waals surface area contributed by atoms with Crippen LogP contribution in [0.1, 0.15) is 30.4 Å². The summed E-state index contributed by atoms with van der Waals surface area (Å²) in [6.07, 6.45) is 2.23. The van der Waals surface area contributed by atoms with Crippen LogP contribution in [0.15, 0.2) is 52.3 Å². The van der Waals surface area contributed by atoms with E-state index in [-0.39, 0.29) is 17.9 Å². The largest absolute Gasteiger partial charge is 0.295 e. The van der Waals surface area contributed by atoms with E-state index in [9.17, 15) is 14.4 Å². The summed E-state index contributed by atoms with van der Waals surface area (Å²) < 4.78 is 1.41. The Morgan fingerprint density at radius 1 is 1.18 bits per heavy atom. The van der Waals surface area contributed by atoms with Gasteiger partial charge in [0.1, 0.15) is 11.9 Å². The van der Waals surface area contributed by atoms with E-state index in [1.165, 1.54) is 16.3 Å². The van der Waals surface area contributed by atoms with Crippen LogP contribution in [-0.2, 0) is 15.3 Å². The smallest absolute Gasteiger partial charge is 0.263 e. The Bertz CT molecular complexity index is 1130. The lowest BCUT2D eigenvalue weighted by atomic mass is 10.1. The normalized spacial score (nSPS) is 17.0. The number of aryl methyl sites for hydroxylation is 1. The number of amides is 2. The fourth-order valence-electron chi connectivity index (χ4n) is 3.37. The highest BCUT2D eigenvalue weighted by atomic mass is 32.2. The molecule has 28 heavy (non-hydrogen) atoms. The van der Waals surface area contributed by atoms with Gasteiger partial charge in [0, 0.05) is 23.3 Å². The second-order valence-electron chi connectivity index (χ2n) is 6.56. The summed E-state index contributed by atoms with van der Waals surface area (Å²) in [5.74, 6) is 0.304. The molecule has 2 amide bonds. The van der Waals surface area contributed by atoms with Crippen molar-refractivity contribution in [2.24, 2.45) is 0 Å². The van der Waals surface area contributed by atoms with Gasteiger partial charge in [-0.05, 0) is 37.6 Å². The minimum absolute atomic E-state index is 0.205. The fraction of sp³-hybridized carbons (Fsp3) is 0.250. The molecule has 2 aromatic heterocycles. The third-order valence-electron chi connectivity index (χ3n) is 4.69. The molecule has 1 unspecified atom stereocenters. The molecule has 1 aromatic carbocycles. The van der Waals surface area contributed by atoms with E-state index < -0.39 is 11.9 Å². The number of benzene rings is 1. The van der Waals surface area contributed by atoms with Gasteiger partial charge in [0.05, 0.1) is 16.6 Å². The number of hydrogen-bond acceptors (Lipinski definition) is 6. The molecule has 0 spiro atoms. The monoisotopic (exact) mass is 394 g/mol. The number of carbonyl (C=O) groups excluding carboxylic acids is 2. The molecule has 1 fully saturated rings. The Hall–Kier alpha value is -3.00. The standard InChI is InChI=1S/C20H18N4O3S/c1-12-22-14-6-4-7-16(28-11-13-5-2-3-10-21-13)18(14)20(27)24(12)15-8-9-17(25)23-19(15)26/h2-7,10,15H,8-9,11H2,1H3,(H,23,25,26). The van der Waals surface area contributed by atoms with Gasteiger partial charge >= 0.3 is 0 Å². The predicted octanol–water partition coefficient (Wildman–Crippen LogP) is 2.37. The van der Waals surface area contributed by atoms with Gasteiger partial charge in [-0.1, -0.05) is 12.1 Å². The molecular weight excluding hydrogens is 376 g/mol. The summed E-state index contributed by atoms with van der Waals surface area (Å²) in [4.78, 5) is 46.8. The van der Waals surface area contributed by atoms with Gasteiger partial charge < -0.3 is 0 Å². The van der Waals surface area contributed by atoms with Crippen LogP contribution in [0.5, 0.6) is 0 Å². The van der Waals surface area contributed by atoms with Crippen LogP contribution in [0.25, 0.3) is 10.9 Å². The quantitative estimate of drug-likeness (QED) is 0.539. The Morgan fingerprint density at radius 2 is 2.04 bits per heavy atom. The number of nitrogens with zero attached hydrogens (tertiary/aromatic N) is 3. The maximum absolute atomic E-state index is 13.3. The van der Waals surface area contributed by atoms with Gasteiger partial charge in [-0.15, -0.1) is 11.8 Å². The van der Waals surface area contributed by atoms with E-state index in [2.05, 4.69) is 15.3 Å². The van der Waals surface area contributed by atoms with Gasteiger partial charge in [0.15, 0.2) is 0 Å². The first-order valence-electron chi connectivity index (χ1n) is 8.93. The molecule has 4 rings (SSSR count). The number of aromatic nitrogens is 3. The summed E-state index contributed by atoms with van der Waals surface area (Å²) in [6, 6.07) is 10.5. The van der Waals surface area contributed by atoms with Crippen molar-refractivity contribution in [2.45, 2.75) is 36.5 Å². The third kappa shape index (κ3) is 3.43. The lowest BCUT2D eigenvalue weighted by Gasteiger charge is -2.24. The first kappa shape index (κ1) is 18.4. The first-order valence-corrected chi connectivity index (χ1v) is 9.91. The molecule has 0 radical (unpaired) electrons. The number of pyridine rings is 1.